The van der Waals surface area contributed by atoms with E-state index >= 15 is 0 Å². The number of carbonyl (C=O) groups excluding carboxylic acids is 1. The predicted molar refractivity (Wildman–Crippen MR) is 113 cm³/mol. The van der Waals surface area contributed by atoms with Crippen molar-refractivity contribution in [3.8, 4) is 5.75 Å². The van der Waals surface area contributed by atoms with Gasteiger partial charge in [-0.25, -0.2) is 4.98 Å². The maximum atomic E-state index is 12.3. The van der Waals surface area contributed by atoms with Gasteiger partial charge in [-0.2, -0.15) is 0 Å². The molecular weight excluding hydrogens is 350 g/mol. The van der Waals surface area contributed by atoms with E-state index in [0.29, 0.717) is 12.1 Å². The lowest BCUT2D eigenvalue weighted by Gasteiger charge is -2.13. The second-order valence-electron chi connectivity index (χ2n) is 7.07. The van der Waals surface area contributed by atoms with Crippen LogP contribution < -0.4 is 15.4 Å². The summed E-state index contributed by atoms with van der Waals surface area (Å²) in [6.07, 6.45) is 10.7. The Kier molecular flexibility index (Phi) is 7.47. The number of hydrogen-bond donors (Lipinski definition) is 2. The monoisotopic (exact) mass is 379 g/mol. The molecule has 0 saturated carbocycles. The van der Waals surface area contributed by atoms with Crippen molar-refractivity contribution in [3.63, 3.8) is 0 Å². The van der Waals surface area contributed by atoms with E-state index in [4.69, 9.17) is 4.74 Å². The van der Waals surface area contributed by atoms with Crippen molar-refractivity contribution >= 4 is 11.7 Å². The van der Waals surface area contributed by atoms with Crippen molar-refractivity contribution in [1.29, 1.82) is 0 Å². The maximum Gasteiger partial charge on any atom is 0.252 e. The number of carbonyl (C=O) groups is 1. The highest BCUT2D eigenvalue weighted by Gasteiger charge is 2.08. The quantitative estimate of drug-likeness (QED) is 0.635. The minimum Gasteiger partial charge on any atom is -0.497 e. The van der Waals surface area contributed by atoms with Crippen LogP contribution in [-0.2, 0) is 6.42 Å². The summed E-state index contributed by atoms with van der Waals surface area (Å²) >= 11 is 0. The molecule has 1 heterocycles. The molecule has 5 nitrogen and oxygen atoms in total. The third-order valence-corrected chi connectivity index (χ3v) is 5.00. The van der Waals surface area contributed by atoms with Crippen LogP contribution in [0.5, 0.6) is 5.75 Å². The zero-order valence-corrected chi connectivity index (χ0v) is 16.5. The van der Waals surface area contributed by atoms with Crippen molar-refractivity contribution in [2.45, 2.75) is 38.5 Å². The van der Waals surface area contributed by atoms with Gasteiger partial charge in [-0.15, -0.1) is 0 Å². The van der Waals surface area contributed by atoms with Crippen molar-refractivity contribution in [2.24, 2.45) is 0 Å². The van der Waals surface area contributed by atoms with Gasteiger partial charge in [0, 0.05) is 19.3 Å². The Labute approximate surface area is 167 Å². The number of amides is 1. The molecule has 2 N–H and O–H groups in total. The summed E-state index contributed by atoms with van der Waals surface area (Å²) in [4.78, 5) is 16.6. The lowest BCUT2D eigenvalue weighted by Crippen LogP contribution is -2.25. The molecule has 1 aliphatic carbocycles. The van der Waals surface area contributed by atoms with E-state index in [1.807, 2.05) is 30.3 Å². The van der Waals surface area contributed by atoms with Gasteiger partial charge in [0.25, 0.3) is 5.91 Å². The van der Waals surface area contributed by atoms with Gasteiger partial charge in [0.05, 0.1) is 12.7 Å². The fraction of sp³-hybridized carbons (Fsp3) is 0.391. The highest BCUT2D eigenvalue weighted by Crippen LogP contribution is 2.19. The summed E-state index contributed by atoms with van der Waals surface area (Å²) in [5, 5.41) is 6.28. The number of aromatic nitrogens is 1. The van der Waals surface area contributed by atoms with Crippen LogP contribution in [0.15, 0.2) is 54.2 Å². The Morgan fingerprint density at radius 2 is 2.07 bits per heavy atom. The van der Waals surface area contributed by atoms with E-state index in [0.717, 1.165) is 31.0 Å². The molecule has 0 fully saturated rings. The first-order valence-corrected chi connectivity index (χ1v) is 10.0. The summed E-state index contributed by atoms with van der Waals surface area (Å²) in [7, 11) is 1.67. The fourth-order valence-electron chi connectivity index (χ4n) is 3.37. The van der Waals surface area contributed by atoms with Gasteiger partial charge in [-0.1, -0.05) is 23.8 Å². The summed E-state index contributed by atoms with van der Waals surface area (Å²) in [6.45, 7) is 1.45. The topological polar surface area (TPSA) is 63.2 Å². The second kappa shape index (κ2) is 10.5. The van der Waals surface area contributed by atoms with Gasteiger partial charge >= 0.3 is 0 Å². The first-order chi connectivity index (χ1) is 13.7. The van der Waals surface area contributed by atoms with Crippen LogP contribution in [0.3, 0.4) is 0 Å². The van der Waals surface area contributed by atoms with E-state index in [9.17, 15) is 4.79 Å². The van der Waals surface area contributed by atoms with E-state index < -0.39 is 0 Å². The van der Waals surface area contributed by atoms with Gasteiger partial charge < -0.3 is 15.4 Å². The van der Waals surface area contributed by atoms with Gasteiger partial charge in [0.1, 0.15) is 11.6 Å². The largest absolute Gasteiger partial charge is 0.497 e. The van der Waals surface area contributed by atoms with Crippen LogP contribution in [0.4, 0.5) is 5.82 Å². The summed E-state index contributed by atoms with van der Waals surface area (Å²) < 4.78 is 5.24. The molecular formula is C23H29N3O2. The number of benzene rings is 1. The predicted octanol–water partition coefficient (Wildman–Crippen LogP) is 4.37. The van der Waals surface area contributed by atoms with Crippen LogP contribution in [0.1, 0.15) is 48.0 Å². The zero-order chi connectivity index (χ0) is 19.6. The SMILES string of the molecule is COc1cccc(CCNc2ccc(C(=O)NCCC3=CCCCC3)cn2)c1. The van der Waals surface area contributed by atoms with E-state index in [1.54, 1.807) is 13.3 Å². The highest BCUT2D eigenvalue weighted by molar-refractivity contribution is 5.94. The molecule has 0 radical (unpaired) electrons. The normalized spacial score (nSPS) is 13.5. The lowest BCUT2D eigenvalue weighted by atomic mass is 9.97. The molecule has 2 aromatic rings. The second-order valence-corrected chi connectivity index (χ2v) is 7.07. The van der Waals surface area contributed by atoms with Gasteiger partial charge in [0.2, 0.25) is 0 Å². The molecule has 0 saturated heterocycles. The van der Waals surface area contributed by atoms with E-state index in [2.05, 4.69) is 27.8 Å². The van der Waals surface area contributed by atoms with E-state index in [-0.39, 0.29) is 5.91 Å². The average Bonchev–Trinajstić information content (AvgIpc) is 2.75. The van der Waals surface area contributed by atoms with Crippen LogP contribution in [0.2, 0.25) is 0 Å². The Morgan fingerprint density at radius 3 is 2.82 bits per heavy atom. The number of anilines is 1. The summed E-state index contributed by atoms with van der Waals surface area (Å²) in [5.74, 6) is 1.57. The molecule has 5 heteroatoms. The lowest BCUT2D eigenvalue weighted by molar-refractivity contribution is 0.0953. The molecule has 0 aliphatic heterocycles. The number of methoxy groups -OCH3 is 1. The molecule has 1 aromatic heterocycles. The third kappa shape index (κ3) is 6.12. The zero-order valence-electron chi connectivity index (χ0n) is 16.5. The fourth-order valence-corrected chi connectivity index (χ4v) is 3.37. The molecule has 1 amide bonds. The summed E-state index contributed by atoms with van der Waals surface area (Å²) in [5.41, 5.74) is 3.27. The number of ether oxygens (including phenoxy) is 1. The molecule has 0 unspecified atom stereocenters. The van der Waals surface area contributed by atoms with Crippen molar-refractivity contribution in [1.82, 2.24) is 10.3 Å². The molecule has 0 bridgehead atoms. The standard InChI is InChI=1S/C23H29N3O2/c1-28-21-9-5-8-19(16-21)13-14-24-22-11-10-20(17-26-22)23(27)25-15-12-18-6-3-2-4-7-18/h5-6,8-11,16-17H,2-4,7,12-15H2,1H3,(H,24,26)(H,25,27). The third-order valence-electron chi connectivity index (χ3n) is 5.00. The first kappa shape index (κ1) is 19.9. The minimum atomic E-state index is -0.0631. The number of allylic oxidation sites excluding steroid dienone is 1. The van der Waals surface area contributed by atoms with Gasteiger partial charge in [-0.3, -0.25) is 4.79 Å². The first-order valence-electron chi connectivity index (χ1n) is 10.0. The molecule has 1 aromatic carbocycles. The highest BCUT2D eigenvalue weighted by atomic mass is 16.5. The van der Waals surface area contributed by atoms with Gasteiger partial charge in [0.15, 0.2) is 0 Å². The Hall–Kier alpha value is -2.82. The molecule has 1 aliphatic rings. The van der Waals surface area contributed by atoms with Crippen molar-refractivity contribution in [3.05, 3.63) is 65.4 Å². The van der Waals surface area contributed by atoms with E-state index in [1.165, 1.54) is 36.8 Å². The van der Waals surface area contributed by atoms with Crippen LogP contribution in [-0.4, -0.2) is 31.1 Å². The number of rotatable bonds is 9. The minimum absolute atomic E-state index is 0.0631. The number of hydrogen-bond acceptors (Lipinski definition) is 4. The number of nitrogens with zero attached hydrogens (tertiary/aromatic N) is 1. The number of nitrogens with one attached hydrogen (secondary N) is 2. The Balaban J connectivity index is 1.41. The van der Waals surface area contributed by atoms with Crippen LogP contribution in [0, 0.1) is 0 Å². The molecule has 0 atom stereocenters. The maximum absolute atomic E-state index is 12.3. The average molecular weight is 380 g/mol. The van der Waals surface area contributed by atoms with Crippen molar-refractivity contribution < 1.29 is 9.53 Å². The molecule has 3 rings (SSSR count). The molecule has 28 heavy (non-hydrogen) atoms. The molecule has 148 valence electrons. The Morgan fingerprint density at radius 1 is 1.14 bits per heavy atom. The van der Waals surface area contributed by atoms with Crippen molar-refractivity contribution in [2.75, 3.05) is 25.5 Å². The molecule has 0 spiro atoms. The van der Waals surface area contributed by atoms with Crippen LogP contribution >= 0.6 is 0 Å². The summed E-state index contributed by atoms with van der Waals surface area (Å²) in [6, 6.07) is 11.7. The Bertz CT molecular complexity index is 800. The van der Waals surface area contributed by atoms with Gasteiger partial charge in [-0.05, 0) is 68.4 Å². The smallest absolute Gasteiger partial charge is 0.252 e. The van der Waals surface area contributed by atoms with Crippen LogP contribution in [0.25, 0.3) is 0 Å². The number of pyridine rings is 1.